The number of allylic oxidation sites excluding steroid dienone is 10. The maximum absolute atomic E-state index is 12.8. The van der Waals surface area contributed by atoms with Crippen molar-refractivity contribution in [3.05, 3.63) is 60.8 Å². The second-order valence-corrected chi connectivity index (χ2v) is 17.3. The number of esters is 1. The van der Waals surface area contributed by atoms with Gasteiger partial charge in [-0.2, -0.15) is 0 Å². The molecule has 0 amide bonds. The Balaban J connectivity index is 2.44. The van der Waals surface area contributed by atoms with E-state index in [2.05, 4.69) is 74.6 Å². The Hall–Kier alpha value is -1.96. The third-order valence-electron chi connectivity index (χ3n) is 10.4. The van der Waals surface area contributed by atoms with Crippen molar-refractivity contribution in [2.75, 3.05) is 19.8 Å². The van der Waals surface area contributed by atoms with Crippen LogP contribution in [0.4, 0.5) is 0 Å². The van der Waals surface area contributed by atoms with Gasteiger partial charge in [-0.25, -0.2) is 4.57 Å². The number of ether oxygens (including phenoxy) is 2. The molecule has 0 aliphatic heterocycles. The number of carbonyl (C=O) groups is 1. The molecule has 1 fully saturated rings. The summed E-state index contributed by atoms with van der Waals surface area (Å²) in [5.74, 6) is -0.493. The Morgan fingerprint density at radius 1 is 0.550 bits per heavy atom. The van der Waals surface area contributed by atoms with Crippen molar-refractivity contribution >= 4 is 13.8 Å². The lowest BCUT2D eigenvalue weighted by atomic mass is 9.85. The summed E-state index contributed by atoms with van der Waals surface area (Å²) in [5, 5.41) is 50.2. The zero-order chi connectivity index (χ0) is 44.1. The summed E-state index contributed by atoms with van der Waals surface area (Å²) in [6, 6.07) is 0. The molecule has 13 heteroatoms. The standard InChI is InChI=1S/C47H83O12P/c1-3-5-7-9-11-13-15-17-19-20-21-23-25-27-29-31-33-35-37-56-38-40(39-57-60(54,55)59-47-45(52)43(50)42(49)44(51)46(47)53)58-41(48)36-34-32-30-28-26-24-22-18-16-14-12-10-8-6-4-2/h5,7,11,13,17,19,21,23,27,29,40,42-47,49-53H,3-4,6,8-10,12,14-16,18,20,22,24-26,28,30-39H2,1-2H3,(H,54,55)/b7-5-,13-11-,19-17-,23-21-,29-27-. The van der Waals surface area contributed by atoms with Gasteiger partial charge in [0.1, 0.15) is 42.7 Å². The number of hydrogen-bond donors (Lipinski definition) is 6. The second-order valence-electron chi connectivity index (χ2n) is 15.9. The summed E-state index contributed by atoms with van der Waals surface area (Å²) in [4.78, 5) is 23.1. The lowest BCUT2D eigenvalue weighted by Gasteiger charge is -2.41. The number of aliphatic hydroxyl groups excluding tert-OH is 5. The van der Waals surface area contributed by atoms with Crippen molar-refractivity contribution < 1.29 is 58.3 Å². The molecule has 0 radical (unpaired) electrons. The molecular weight excluding hydrogens is 787 g/mol. The number of phosphoric ester groups is 1. The molecule has 0 heterocycles. The lowest BCUT2D eigenvalue weighted by Crippen LogP contribution is -2.64. The van der Waals surface area contributed by atoms with Crippen molar-refractivity contribution in [1.29, 1.82) is 0 Å². The highest BCUT2D eigenvalue weighted by atomic mass is 31.2. The summed E-state index contributed by atoms with van der Waals surface area (Å²) in [5.41, 5.74) is 0. The molecule has 0 saturated heterocycles. The van der Waals surface area contributed by atoms with Crippen molar-refractivity contribution in [3.63, 3.8) is 0 Å². The first-order chi connectivity index (χ1) is 29.0. The van der Waals surface area contributed by atoms with Gasteiger partial charge in [0, 0.05) is 13.0 Å². The molecule has 6 N–H and O–H groups in total. The predicted octanol–water partition coefficient (Wildman–Crippen LogP) is 9.42. The van der Waals surface area contributed by atoms with E-state index in [1.807, 2.05) is 0 Å². The molecule has 1 aliphatic rings. The van der Waals surface area contributed by atoms with Crippen LogP contribution in [-0.4, -0.2) is 98.9 Å². The predicted molar refractivity (Wildman–Crippen MR) is 239 cm³/mol. The minimum absolute atomic E-state index is 0.107. The van der Waals surface area contributed by atoms with Gasteiger partial charge in [-0.05, 0) is 57.8 Å². The molecule has 12 nitrogen and oxygen atoms in total. The van der Waals surface area contributed by atoms with Crippen LogP contribution in [0.3, 0.4) is 0 Å². The van der Waals surface area contributed by atoms with E-state index in [4.69, 9.17) is 18.5 Å². The van der Waals surface area contributed by atoms with Gasteiger partial charge in [0.15, 0.2) is 0 Å². The van der Waals surface area contributed by atoms with Crippen LogP contribution in [0.2, 0.25) is 0 Å². The van der Waals surface area contributed by atoms with E-state index in [1.165, 1.54) is 70.6 Å². The Labute approximate surface area is 362 Å². The van der Waals surface area contributed by atoms with Crippen molar-refractivity contribution in [1.82, 2.24) is 0 Å². The largest absolute Gasteiger partial charge is 0.472 e. The average Bonchev–Trinajstić information content (AvgIpc) is 3.23. The number of carbonyl (C=O) groups excluding carboxylic acids is 1. The van der Waals surface area contributed by atoms with E-state index in [0.717, 1.165) is 70.6 Å². The van der Waals surface area contributed by atoms with Crippen LogP contribution in [0.15, 0.2) is 60.8 Å². The molecule has 1 aliphatic carbocycles. The minimum Gasteiger partial charge on any atom is -0.457 e. The fourth-order valence-corrected chi connectivity index (χ4v) is 7.71. The molecule has 0 aromatic carbocycles. The molecule has 1 rings (SSSR count). The van der Waals surface area contributed by atoms with E-state index in [9.17, 15) is 39.8 Å². The Bertz CT molecular complexity index is 1220. The molecule has 0 bridgehead atoms. The topological polar surface area (TPSA) is 192 Å². The molecule has 60 heavy (non-hydrogen) atoms. The highest BCUT2D eigenvalue weighted by molar-refractivity contribution is 7.47. The molecule has 1 saturated carbocycles. The van der Waals surface area contributed by atoms with E-state index in [1.54, 1.807) is 0 Å². The van der Waals surface area contributed by atoms with Crippen LogP contribution in [0.5, 0.6) is 0 Å². The molecular formula is C47H83O12P. The van der Waals surface area contributed by atoms with Crippen molar-refractivity contribution in [2.24, 2.45) is 0 Å². The monoisotopic (exact) mass is 871 g/mol. The molecule has 0 aromatic rings. The van der Waals surface area contributed by atoms with Crippen molar-refractivity contribution in [2.45, 2.75) is 211 Å². The van der Waals surface area contributed by atoms with Gasteiger partial charge >= 0.3 is 13.8 Å². The first-order valence-electron chi connectivity index (χ1n) is 23.1. The van der Waals surface area contributed by atoms with Gasteiger partial charge < -0.3 is 39.9 Å². The number of rotatable bonds is 38. The molecule has 348 valence electrons. The van der Waals surface area contributed by atoms with Gasteiger partial charge in [-0.15, -0.1) is 0 Å². The third kappa shape index (κ3) is 29.4. The number of unbranched alkanes of at least 4 members (excludes halogenated alkanes) is 16. The van der Waals surface area contributed by atoms with Gasteiger partial charge in [0.05, 0.1) is 13.2 Å². The van der Waals surface area contributed by atoms with E-state index < -0.39 is 63.1 Å². The third-order valence-corrected chi connectivity index (χ3v) is 11.4. The van der Waals surface area contributed by atoms with Crippen LogP contribution in [0.1, 0.15) is 168 Å². The van der Waals surface area contributed by atoms with E-state index in [0.29, 0.717) is 13.0 Å². The number of phosphoric acid groups is 1. The van der Waals surface area contributed by atoms with Gasteiger partial charge in [0.25, 0.3) is 0 Å². The number of hydrogen-bond acceptors (Lipinski definition) is 11. The quantitative estimate of drug-likeness (QED) is 0.0149. The summed E-state index contributed by atoms with van der Waals surface area (Å²) >= 11 is 0. The van der Waals surface area contributed by atoms with Crippen LogP contribution >= 0.6 is 7.82 Å². The molecule has 0 aromatic heterocycles. The SMILES string of the molecule is CC/C=C\C/C=C\C/C=C\C/C=C\C/C=C\CCCCOCC(COP(=O)(O)OC1C(O)C(O)C(O)C(O)C1O)OC(=O)CCCCCCCCCCCCCCCCC. The minimum atomic E-state index is -5.03. The van der Waals surface area contributed by atoms with Gasteiger partial charge in [-0.3, -0.25) is 13.8 Å². The fourth-order valence-electron chi connectivity index (χ4n) is 6.73. The lowest BCUT2D eigenvalue weighted by molar-refractivity contribution is -0.220. The summed E-state index contributed by atoms with van der Waals surface area (Å²) < 4.78 is 34.1. The summed E-state index contributed by atoms with van der Waals surface area (Å²) in [6.45, 7) is 4.04. The Morgan fingerprint density at radius 2 is 0.983 bits per heavy atom. The second kappa shape index (κ2) is 37.6. The molecule has 6 unspecified atom stereocenters. The van der Waals surface area contributed by atoms with Crippen LogP contribution in [0, 0.1) is 0 Å². The van der Waals surface area contributed by atoms with Crippen LogP contribution in [-0.2, 0) is 27.9 Å². The van der Waals surface area contributed by atoms with Gasteiger partial charge in [0.2, 0.25) is 0 Å². The summed E-state index contributed by atoms with van der Waals surface area (Å²) in [7, 11) is -5.03. The summed E-state index contributed by atoms with van der Waals surface area (Å²) in [6.07, 6.45) is 34.4. The highest BCUT2D eigenvalue weighted by Gasteiger charge is 2.51. The molecule has 6 atom stereocenters. The van der Waals surface area contributed by atoms with E-state index >= 15 is 0 Å². The first-order valence-corrected chi connectivity index (χ1v) is 24.6. The smallest absolute Gasteiger partial charge is 0.457 e. The van der Waals surface area contributed by atoms with Gasteiger partial charge in [-0.1, -0.05) is 164 Å². The van der Waals surface area contributed by atoms with Crippen LogP contribution in [0.25, 0.3) is 0 Å². The zero-order valence-electron chi connectivity index (χ0n) is 37.0. The normalized spacial score (nSPS) is 22.9. The molecule has 0 spiro atoms. The van der Waals surface area contributed by atoms with E-state index in [-0.39, 0.29) is 13.0 Å². The average molecular weight is 871 g/mol. The zero-order valence-corrected chi connectivity index (χ0v) is 37.9. The first kappa shape index (κ1) is 56.1. The van der Waals surface area contributed by atoms with Crippen molar-refractivity contribution in [3.8, 4) is 0 Å². The number of aliphatic hydroxyl groups is 5. The maximum atomic E-state index is 12.8. The fraction of sp³-hybridized carbons (Fsp3) is 0.766. The Morgan fingerprint density at radius 3 is 1.47 bits per heavy atom. The highest BCUT2D eigenvalue weighted by Crippen LogP contribution is 2.47. The van der Waals surface area contributed by atoms with Crippen LogP contribution < -0.4 is 0 Å². The maximum Gasteiger partial charge on any atom is 0.472 e. The Kier molecular flexibility index (Phi) is 35.1.